The Labute approximate surface area is 113 Å². The molecule has 0 aromatic heterocycles. The number of carbonyl (C=O) groups is 2. The quantitative estimate of drug-likeness (QED) is 0.697. The summed E-state index contributed by atoms with van der Waals surface area (Å²) in [6.45, 7) is 4.12. The Morgan fingerprint density at radius 1 is 1.32 bits per heavy atom. The summed E-state index contributed by atoms with van der Waals surface area (Å²) >= 11 is 0. The standard InChI is InChI=1S/C13H24N2O4/c1-3-15(8-9(2)12(17)18)13(19)14-10-4-6-11(16)7-5-10/h9-11,16H,3-8H2,1-2H3,(H,14,19)(H,17,18). The number of aliphatic carboxylic acids is 1. The molecule has 1 aliphatic rings. The van der Waals surface area contributed by atoms with E-state index < -0.39 is 11.9 Å². The molecule has 6 heteroatoms. The molecule has 0 aromatic rings. The van der Waals surface area contributed by atoms with E-state index in [-0.39, 0.29) is 24.7 Å². The molecule has 1 fully saturated rings. The van der Waals surface area contributed by atoms with Gasteiger partial charge in [-0.15, -0.1) is 0 Å². The lowest BCUT2D eigenvalue weighted by atomic mass is 9.93. The van der Waals surface area contributed by atoms with Crippen molar-refractivity contribution in [3.8, 4) is 0 Å². The molecule has 1 rings (SSSR count). The van der Waals surface area contributed by atoms with Gasteiger partial charge in [-0.1, -0.05) is 6.92 Å². The highest BCUT2D eigenvalue weighted by atomic mass is 16.4. The van der Waals surface area contributed by atoms with E-state index >= 15 is 0 Å². The molecule has 3 N–H and O–H groups in total. The average Bonchev–Trinajstić information content (AvgIpc) is 2.38. The van der Waals surface area contributed by atoms with Crippen LogP contribution in [0.25, 0.3) is 0 Å². The summed E-state index contributed by atoms with van der Waals surface area (Å²) in [5.41, 5.74) is 0. The first-order valence-corrected chi connectivity index (χ1v) is 6.90. The van der Waals surface area contributed by atoms with E-state index in [1.807, 2.05) is 6.92 Å². The number of rotatable bonds is 5. The summed E-state index contributed by atoms with van der Waals surface area (Å²) in [6.07, 6.45) is 2.73. The van der Waals surface area contributed by atoms with Crippen LogP contribution in [0.5, 0.6) is 0 Å². The molecule has 0 bridgehead atoms. The number of carbonyl (C=O) groups excluding carboxylic acids is 1. The van der Waals surface area contributed by atoms with Crippen molar-refractivity contribution in [1.82, 2.24) is 10.2 Å². The number of carboxylic acid groups (broad SMARTS) is 1. The molecular formula is C13H24N2O4. The monoisotopic (exact) mass is 272 g/mol. The van der Waals surface area contributed by atoms with E-state index in [0.717, 1.165) is 12.8 Å². The number of urea groups is 1. The molecule has 19 heavy (non-hydrogen) atoms. The minimum atomic E-state index is -0.896. The number of hydrogen-bond donors (Lipinski definition) is 3. The summed E-state index contributed by atoms with van der Waals surface area (Å²) in [4.78, 5) is 24.4. The van der Waals surface area contributed by atoms with Crippen LogP contribution < -0.4 is 5.32 Å². The van der Waals surface area contributed by atoms with Crippen LogP contribution in [0.3, 0.4) is 0 Å². The molecular weight excluding hydrogens is 248 g/mol. The van der Waals surface area contributed by atoms with E-state index in [4.69, 9.17) is 5.11 Å². The minimum absolute atomic E-state index is 0.0880. The van der Waals surface area contributed by atoms with Gasteiger partial charge in [-0.25, -0.2) is 4.79 Å². The Morgan fingerprint density at radius 2 is 1.89 bits per heavy atom. The molecule has 0 heterocycles. The van der Waals surface area contributed by atoms with E-state index in [1.165, 1.54) is 4.90 Å². The van der Waals surface area contributed by atoms with Crippen LogP contribution in [0.15, 0.2) is 0 Å². The Balaban J connectivity index is 2.43. The van der Waals surface area contributed by atoms with Gasteiger partial charge in [0.2, 0.25) is 0 Å². The van der Waals surface area contributed by atoms with Crippen molar-refractivity contribution < 1.29 is 19.8 Å². The molecule has 0 spiro atoms. The van der Waals surface area contributed by atoms with E-state index in [9.17, 15) is 14.7 Å². The first kappa shape index (κ1) is 15.8. The number of amides is 2. The maximum atomic E-state index is 12.0. The lowest BCUT2D eigenvalue weighted by molar-refractivity contribution is -0.141. The van der Waals surface area contributed by atoms with Gasteiger partial charge in [-0.3, -0.25) is 4.79 Å². The van der Waals surface area contributed by atoms with Crippen LogP contribution >= 0.6 is 0 Å². The van der Waals surface area contributed by atoms with Crippen molar-refractivity contribution in [3.63, 3.8) is 0 Å². The number of aliphatic hydroxyl groups is 1. The lowest BCUT2D eigenvalue weighted by Crippen LogP contribution is -2.48. The number of hydrogen-bond acceptors (Lipinski definition) is 3. The largest absolute Gasteiger partial charge is 0.481 e. The Bertz CT molecular complexity index is 314. The van der Waals surface area contributed by atoms with Gasteiger partial charge in [0, 0.05) is 19.1 Å². The fourth-order valence-corrected chi connectivity index (χ4v) is 2.25. The average molecular weight is 272 g/mol. The van der Waals surface area contributed by atoms with Crippen LogP contribution in [-0.2, 0) is 4.79 Å². The first-order chi connectivity index (χ1) is 8.93. The van der Waals surface area contributed by atoms with Gasteiger partial charge in [0.25, 0.3) is 0 Å². The van der Waals surface area contributed by atoms with Crippen LogP contribution in [0.2, 0.25) is 0 Å². The van der Waals surface area contributed by atoms with Crippen molar-refractivity contribution in [2.24, 2.45) is 5.92 Å². The van der Waals surface area contributed by atoms with Gasteiger partial charge in [0.1, 0.15) is 0 Å². The normalized spacial score (nSPS) is 24.6. The Morgan fingerprint density at radius 3 is 2.37 bits per heavy atom. The van der Waals surface area contributed by atoms with Gasteiger partial charge < -0.3 is 20.4 Å². The van der Waals surface area contributed by atoms with Crippen molar-refractivity contribution in [3.05, 3.63) is 0 Å². The molecule has 6 nitrogen and oxygen atoms in total. The third-order valence-electron chi connectivity index (χ3n) is 3.61. The zero-order valence-corrected chi connectivity index (χ0v) is 11.6. The summed E-state index contributed by atoms with van der Waals surface area (Å²) in [5.74, 6) is -1.47. The van der Waals surface area contributed by atoms with Gasteiger partial charge in [0.05, 0.1) is 12.0 Å². The molecule has 0 radical (unpaired) electrons. The van der Waals surface area contributed by atoms with Crippen LogP contribution in [-0.4, -0.2) is 52.3 Å². The van der Waals surface area contributed by atoms with Gasteiger partial charge in [-0.2, -0.15) is 0 Å². The van der Waals surface area contributed by atoms with Gasteiger partial charge in [0.15, 0.2) is 0 Å². The van der Waals surface area contributed by atoms with E-state index in [2.05, 4.69) is 5.32 Å². The SMILES string of the molecule is CCN(CC(C)C(=O)O)C(=O)NC1CCC(O)CC1. The predicted octanol–water partition coefficient (Wildman–Crippen LogP) is 1.04. The molecule has 110 valence electrons. The fourth-order valence-electron chi connectivity index (χ4n) is 2.25. The molecule has 1 unspecified atom stereocenters. The molecule has 1 aliphatic carbocycles. The number of nitrogens with zero attached hydrogens (tertiary/aromatic N) is 1. The summed E-state index contributed by atoms with van der Waals surface area (Å²) in [5, 5.41) is 21.2. The fraction of sp³-hybridized carbons (Fsp3) is 0.846. The topological polar surface area (TPSA) is 89.9 Å². The summed E-state index contributed by atoms with van der Waals surface area (Å²) < 4.78 is 0. The van der Waals surface area contributed by atoms with E-state index in [1.54, 1.807) is 6.92 Å². The minimum Gasteiger partial charge on any atom is -0.481 e. The lowest BCUT2D eigenvalue weighted by Gasteiger charge is -2.30. The van der Waals surface area contributed by atoms with Gasteiger partial charge in [-0.05, 0) is 32.6 Å². The molecule has 1 atom stereocenters. The maximum Gasteiger partial charge on any atom is 0.317 e. The summed E-state index contributed by atoms with van der Waals surface area (Å²) in [6, 6.07) is -0.123. The van der Waals surface area contributed by atoms with Crippen LogP contribution in [0.4, 0.5) is 4.79 Å². The summed E-state index contributed by atoms with van der Waals surface area (Å²) in [7, 11) is 0. The number of carboxylic acids is 1. The number of nitrogens with one attached hydrogen (secondary N) is 1. The van der Waals surface area contributed by atoms with E-state index in [0.29, 0.717) is 19.4 Å². The Hall–Kier alpha value is -1.30. The van der Waals surface area contributed by atoms with Gasteiger partial charge >= 0.3 is 12.0 Å². The highest BCUT2D eigenvalue weighted by molar-refractivity contribution is 5.76. The highest BCUT2D eigenvalue weighted by Crippen LogP contribution is 2.18. The molecule has 0 saturated heterocycles. The van der Waals surface area contributed by atoms with Crippen molar-refractivity contribution in [2.75, 3.05) is 13.1 Å². The number of aliphatic hydroxyl groups excluding tert-OH is 1. The predicted molar refractivity (Wildman–Crippen MR) is 70.8 cm³/mol. The van der Waals surface area contributed by atoms with Crippen molar-refractivity contribution in [1.29, 1.82) is 0 Å². The highest BCUT2D eigenvalue weighted by Gasteiger charge is 2.24. The second kappa shape index (κ2) is 7.33. The van der Waals surface area contributed by atoms with Crippen molar-refractivity contribution >= 4 is 12.0 Å². The molecule has 1 saturated carbocycles. The zero-order chi connectivity index (χ0) is 14.4. The molecule has 0 aliphatic heterocycles. The van der Waals surface area contributed by atoms with Crippen LogP contribution in [0, 0.1) is 5.92 Å². The van der Waals surface area contributed by atoms with Crippen LogP contribution in [0.1, 0.15) is 39.5 Å². The maximum absolute atomic E-state index is 12.0. The second-order valence-corrected chi connectivity index (χ2v) is 5.23. The zero-order valence-electron chi connectivity index (χ0n) is 11.6. The first-order valence-electron chi connectivity index (χ1n) is 6.90. The smallest absolute Gasteiger partial charge is 0.317 e. The molecule has 0 aromatic carbocycles. The van der Waals surface area contributed by atoms with Crippen molar-refractivity contribution in [2.45, 2.75) is 51.7 Å². The second-order valence-electron chi connectivity index (χ2n) is 5.23. The third kappa shape index (κ3) is 5.06. The Kier molecular flexibility index (Phi) is 6.08. The molecule has 2 amide bonds. The third-order valence-corrected chi connectivity index (χ3v) is 3.61.